The number of carbonyl (C=O) groups is 3. The Balaban J connectivity index is 2.19. The van der Waals surface area contributed by atoms with Crippen LogP contribution >= 0.6 is 0 Å². The van der Waals surface area contributed by atoms with Gasteiger partial charge in [-0.2, -0.15) is 0 Å². The van der Waals surface area contributed by atoms with Crippen LogP contribution in [-0.4, -0.2) is 17.8 Å². The second kappa shape index (κ2) is 6.74. The molecule has 0 saturated heterocycles. The number of carbonyl (C=O) groups excluding carboxylic acids is 3. The lowest BCUT2D eigenvalue weighted by atomic mass is 10.1. The molecule has 1 N–H and O–H groups in total. The number of aromatic carboxylic acids is 1. The number of amides is 1. The summed E-state index contributed by atoms with van der Waals surface area (Å²) in [5.41, 5.74) is 1.11. The molecule has 0 fully saturated rings. The van der Waals surface area contributed by atoms with Crippen LogP contribution in [0, 0.1) is 6.92 Å². The highest BCUT2D eigenvalue weighted by Gasteiger charge is 2.10. The summed E-state index contributed by atoms with van der Waals surface area (Å²) < 4.78 is 4.87. The molecule has 6 heteroatoms. The van der Waals surface area contributed by atoms with E-state index in [0.717, 1.165) is 5.56 Å². The molecule has 0 radical (unpaired) electrons. The van der Waals surface area contributed by atoms with Crippen LogP contribution in [0.3, 0.4) is 0 Å². The molecule has 0 atom stereocenters. The molecule has 0 heterocycles. The Hall–Kier alpha value is -3.15. The Labute approximate surface area is 132 Å². The van der Waals surface area contributed by atoms with Gasteiger partial charge >= 0.3 is 5.97 Å². The van der Waals surface area contributed by atoms with Crippen LogP contribution in [0.2, 0.25) is 0 Å². The highest BCUT2D eigenvalue weighted by Crippen LogP contribution is 2.19. The maximum Gasteiger partial charge on any atom is 0.308 e. The largest absolute Gasteiger partial charge is 0.545 e. The predicted octanol–water partition coefficient (Wildman–Crippen LogP) is 1.54. The van der Waals surface area contributed by atoms with Crippen LogP contribution in [0.4, 0.5) is 5.69 Å². The molecule has 6 nitrogen and oxygen atoms in total. The smallest absolute Gasteiger partial charge is 0.308 e. The van der Waals surface area contributed by atoms with E-state index in [-0.39, 0.29) is 11.3 Å². The third-order valence-corrected chi connectivity index (χ3v) is 3.02. The highest BCUT2D eigenvalue weighted by atomic mass is 16.5. The van der Waals surface area contributed by atoms with Gasteiger partial charge in [-0.25, -0.2) is 0 Å². The molecule has 0 aliphatic rings. The number of carboxylic acids is 1. The van der Waals surface area contributed by atoms with Crippen LogP contribution in [0.1, 0.15) is 33.2 Å². The fourth-order valence-corrected chi connectivity index (χ4v) is 1.97. The van der Waals surface area contributed by atoms with Gasteiger partial charge in [0.25, 0.3) is 5.91 Å². The van der Waals surface area contributed by atoms with Crippen molar-refractivity contribution in [1.29, 1.82) is 0 Å². The maximum atomic E-state index is 12.2. The molecule has 118 valence electrons. The first kappa shape index (κ1) is 16.2. The zero-order valence-corrected chi connectivity index (χ0v) is 12.6. The summed E-state index contributed by atoms with van der Waals surface area (Å²) in [6.45, 7) is 3.02. The van der Waals surface area contributed by atoms with Gasteiger partial charge in [0.1, 0.15) is 5.75 Å². The lowest BCUT2D eigenvalue weighted by molar-refractivity contribution is -0.254. The van der Waals surface area contributed by atoms with Crippen molar-refractivity contribution in [3.63, 3.8) is 0 Å². The molecule has 2 aromatic rings. The summed E-state index contributed by atoms with van der Waals surface area (Å²) in [4.78, 5) is 34.1. The van der Waals surface area contributed by atoms with Crippen molar-refractivity contribution in [3.8, 4) is 5.75 Å². The van der Waals surface area contributed by atoms with Crippen molar-refractivity contribution in [2.75, 3.05) is 5.32 Å². The monoisotopic (exact) mass is 312 g/mol. The first-order valence-corrected chi connectivity index (χ1v) is 6.78. The van der Waals surface area contributed by atoms with Gasteiger partial charge in [0.05, 0.1) is 11.7 Å². The molecule has 0 spiro atoms. The number of nitrogens with one attached hydrogen (secondary N) is 1. The Bertz CT molecular complexity index is 765. The molecule has 0 saturated carbocycles. The number of ether oxygens (including phenoxy) is 1. The van der Waals surface area contributed by atoms with Crippen molar-refractivity contribution in [2.45, 2.75) is 13.8 Å². The first-order valence-electron chi connectivity index (χ1n) is 6.78. The SMILES string of the molecule is CC(=O)Oc1ccc(C(=O)Nc2ccc(C)cc2C(=O)[O-])cc1. The molecule has 0 aromatic heterocycles. The van der Waals surface area contributed by atoms with Crippen LogP contribution in [0.15, 0.2) is 42.5 Å². The summed E-state index contributed by atoms with van der Waals surface area (Å²) in [5.74, 6) is -1.99. The summed E-state index contributed by atoms with van der Waals surface area (Å²) >= 11 is 0. The molecule has 0 aliphatic carbocycles. The molecule has 1 amide bonds. The fourth-order valence-electron chi connectivity index (χ4n) is 1.97. The summed E-state index contributed by atoms with van der Waals surface area (Å²) in [6.07, 6.45) is 0. The molecular weight excluding hydrogens is 298 g/mol. The topological polar surface area (TPSA) is 95.5 Å². The third-order valence-electron chi connectivity index (χ3n) is 3.02. The Morgan fingerprint density at radius 2 is 1.70 bits per heavy atom. The number of benzene rings is 2. The number of esters is 1. The second-order valence-corrected chi connectivity index (χ2v) is 4.91. The summed E-state index contributed by atoms with van der Waals surface area (Å²) in [7, 11) is 0. The zero-order valence-electron chi connectivity index (χ0n) is 12.6. The molecule has 2 rings (SSSR count). The molecule has 0 aliphatic heterocycles. The summed E-state index contributed by atoms with van der Waals surface area (Å²) in [5, 5.41) is 13.7. The van der Waals surface area contributed by atoms with Gasteiger partial charge in [-0.1, -0.05) is 11.6 Å². The lowest BCUT2D eigenvalue weighted by Crippen LogP contribution is -2.25. The van der Waals surface area contributed by atoms with Crippen LogP contribution in [0.5, 0.6) is 5.75 Å². The third kappa shape index (κ3) is 4.16. The van der Waals surface area contributed by atoms with E-state index in [9.17, 15) is 19.5 Å². The van der Waals surface area contributed by atoms with Crippen LogP contribution < -0.4 is 15.2 Å². The van der Waals surface area contributed by atoms with Crippen LogP contribution in [0.25, 0.3) is 0 Å². The quantitative estimate of drug-likeness (QED) is 0.682. The first-order chi connectivity index (χ1) is 10.9. The van der Waals surface area contributed by atoms with Crippen LogP contribution in [-0.2, 0) is 4.79 Å². The van der Waals surface area contributed by atoms with Crippen molar-refractivity contribution < 1.29 is 24.2 Å². The number of hydrogen-bond donors (Lipinski definition) is 1. The van der Waals surface area contributed by atoms with Gasteiger partial charge < -0.3 is 20.0 Å². The minimum atomic E-state index is -1.37. The Morgan fingerprint density at radius 1 is 1.04 bits per heavy atom. The van der Waals surface area contributed by atoms with E-state index >= 15 is 0 Å². The standard InChI is InChI=1S/C17H15NO5/c1-10-3-8-15(14(9-10)17(21)22)18-16(20)12-4-6-13(7-5-12)23-11(2)19/h3-9H,1-2H3,(H,18,20)(H,21,22)/p-1. The van der Waals surface area contributed by atoms with E-state index in [1.807, 2.05) is 0 Å². The molecular formula is C17H14NO5-. The minimum Gasteiger partial charge on any atom is -0.545 e. The van der Waals surface area contributed by atoms with Gasteiger partial charge in [-0.15, -0.1) is 0 Å². The van der Waals surface area contributed by atoms with E-state index in [2.05, 4.69) is 5.32 Å². The number of carboxylic acid groups (broad SMARTS) is 1. The minimum absolute atomic E-state index is 0.0881. The second-order valence-electron chi connectivity index (χ2n) is 4.91. The average molecular weight is 312 g/mol. The van der Waals surface area contributed by atoms with E-state index in [1.54, 1.807) is 13.0 Å². The van der Waals surface area contributed by atoms with Crippen molar-refractivity contribution in [3.05, 3.63) is 59.2 Å². The van der Waals surface area contributed by atoms with Crippen molar-refractivity contribution >= 4 is 23.5 Å². The zero-order chi connectivity index (χ0) is 17.0. The molecule has 0 unspecified atom stereocenters. The van der Waals surface area contributed by atoms with Gasteiger partial charge in [-0.05, 0) is 43.3 Å². The number of hydrogen-bond acceptors (Lipinski definition) is 5. The van der Waals surface area contributed by atoms with E-state index in [4.69, 9.17) is 4.74 Å². The summed E-state index contributed by atoms with van der Waals surface area (Å²) in [6, 6.07) is 10.5. The van der Waals surface area contributed by atoms with E-state index in [0.29, 0.717) is 11.3 Å². The van der Waals surface area contributed by atoms with Gasteiger partial charge in [-0.3, -0.25) is 9.59 Å². The predicted molar refractivity (Wildman–Crippen MR) is 81.2 cm³/mol. The van der Waals surface area contributed by atoms with Gasteiger partial charge in [0.15, 0.2) is 0 Å². The van der Waals surface area contributed by atoms with Gasteiger partial charge in [0, 0.05) is 18.1 Å². The molecule has 0 bridgehead atoms. The lowest BCUT2D eigenvalue weighted by Gasteiger charge is -2.13. The maximum absolute atomic E-state index is 12.2. The van der Waals surface area contributed by atoms with E-state index < -0.39 is 17.8 Å². The Morgan fingerprint density at radius 3 is 2.26 bits per heavy atom. The van der Waals surface area contributed by atoms with Crippen molar-refractivity contribution in [1.82, 2.24) is 0 Å². The van der Waals surface area contributed by atoms with Crippen molar-refractivity contribution in [2.24, 2.45) is 0 Å². The Kier molecular flexibility index (Phi) is 4.75. The average Bonchev–Trinajstić information content (AvgIpc) is 2.49. The van der Waals surface area contributed by atoms with Gasteiger partial charge in [0.2, 0.25) is 0 Å². The fraction of sp³-hybridized carbons (Fsp3) is 0.118. The molecule has 2 aromatic carbocycles. The molecule has 23 heavy (non-hydrogen) atoms. The van der Waals surface area contributed by atoms with E-state index in [1.165, 1.54) is 43.3 Å². The number of rotatable bonds is 4. The number of aryl methyl sites for hydroxylation is 1. The highest BCUT2D eigenvalue weighted by molar-refractivity contribution is 6.07. The number of anilines is 1. The normalized spacial score (nSPS) is 10.0.